The van der Waals surface area contributed by atoms with Gasteiger partial charge in [0.1, 0.15) is 5.75 Å². The van der Waals surface area contributed by atoms with Gasteiger partial charge in [0.15, 0.2) is 0 Å². The van der Waals surface area contributed by atoms with Crippen molar-refractivity contribution >= 4 is 0 Å². The Morgan fingerprint density at radius 3 is 2.81 bits per heavy atom. The van der Waals surface area contributed by atoms with Crippen LogP contribution in [0.15, 0.2) is 6.20 Å². The molecule has 0 saturated carbocycles. The lowest BCUT2D eigenvalue weighted by atomic mass is 9.87. The van der Waals surface area contributed by atoms with Crippen LogP contribution in [0.1, 0.15) is 49.4 Å². The van der Waals surface area contributed by atoms with Crippen molar-refractivity contribution in [2.45, 2.75) is 64.5 Å². The van der Waals surface area contributed by atoms with Crippen LogP contribution >= 0.6 is 0 Å². The molecular formula is C17H28N2O2. The van der Waals surface area contributed by atoms with Crippen LogP contribution in [0.2, 0.25) is 0 Å². The molecule has 4 nitrogen and oxygen atoms in total. The van der Waals surface area contributed by atoms with E-state index in [-0.39, 0.29) is 0 Å². The summed E-state index contributed by atoms with van der Waals surface area (Å²) in [6, 6.07) is 0.418. The summed E-state index contributed by atoms with van der Waals surface area (Å²) >= 11 is 0. The van der Waals surface area contributed by atoms with Crippen LogP contribution in [-0.2, 0) is 6.42 Å². The zero-order valence-electron chi connectivity index (χ0n) is 13.7. The molecule has 0 spiro atoms. The van der Waals surface area contributed by atoms with Crippen LogP contribution in [0.5, 0.6) is 5.75 Å². The molecule has 0 amide bonds. The first-order valence-corrected chi connectivity index (χ1v) is 7.88. The summed E-state index contributed by atoms with van der Waals surface area (Å²) in [5, 5.41) is 14.3. The van der Waals surface area contributed by atoms with Crippen LogP contribution in [0, 0.1) is 13.8 Å². The SMILES string of the molecule is COc1c(C)cnc(CC(C)(O)CC2CCCCN2)c1C. The number of ether oxygens (including phenoxy) is 1. The third-order valence-corrected chi connectivity index (χ3v) is 4.40. The maximum absolute atomic E-state index is 10.8. The van der Waals surface area contributed by atoms with Gasteiger partial charge in [-0.1, -0.05) is 6.42 Å². The molecule has 118 valence electrons. The Morgan fingerprint density at radius 2 is 2.19 bits per heavy atom. The molecule has 2 heterocycles. The van der Waals surface area contributed by atoms with Crippen molar-refractivity contribution in [1.29, 1.82) is 0 Å². The molecule has 1 saturated heterocycles. The third-order valence-electron chi connectivity index (χ3n) is 4.40. The molecule has 1 fully saturated rings. The van der Waals surface area contributed by atoms with Gasteiger partial charge in [0.2, 0.25) is 0 Å². The highest BCUT2D eigenvalue weighted by Crippen LogP contribution is 2.28. The van der Waals surface area contributed by atoms with Gasteiger partial charge in [0, 0.05) is 35.5 Å². The summed E-state index contributed by atoms with van der Waals surface area (Å²) in [4.78, 5) is 4.50. The largest absolute Gasteiger partial charge is 0.496 e. The normalized spacial score (nSPS) is 21.9. The van der Waals surface area contributed by atoms with E-state index in [9.17, 15) is 5.11 Å². The van der Waals surface area contributed by atoms with E-state index < -0.39 is 5.60 Å². The molecular weight excluding hydrogens is 264 g/mol. The highest BCUT2D eigenvalue weighted by atomic mass is 16.5. The number of aliphatic hydroxyl groups is 1. The Bertz CT molecular complexity index is 480. The minimum absolute atomic E-state index is 0.418. The number of pyridine rings is 1. The zero-order chi connectivity index (χ0) is 15.5. The highest BCUT2D eigenvalue weighted by molar-refractivity contribution is 5.41. The molecule has 1 aromatic heterocycles. The maximum atomic E-state index is 10.8. The molecule has 0 aliphatic carbocycles. The summed E-state index contributed by atoms with van der Waals surface area (Å²) in [5.41, 5.74) is 2.26. The Hall–Kier alpha value is -1.13. The number of aryl methyl sites for hydroxylation is 1. The fraction of sp³-hybridized carbons (Fsp3) is 0.706. The Balaban J connectivity index is 2.08. The lowest BCUT2D eigenvalue weighted by molar-refractivity contribution is 0.0360. The number of nitrogens with zero attached hydrogens (tertiary/aromatic N) is 1. The monoisotopic (exact) mass is 292 g/mol. The van der Waals surface area contributed by atoms with E-state index in [1.54, 1.807) is 7.11 Å². The molecule has 1 aliphatic rings. The van der Waals surface area contributed by atoms with Gasteiger partial charge in [-0.2, -0.15) is 0 Å². The molecule has 21 heavy (non-hydrogen) atoms. The molecule has 2 atom stereocenters. The van der Waals surface area contributed by atoms with E-state index in [4.69, 9.17) is 4.74 Å². The number of hydrogen-bond donors (Lipinski definition) is 2. The molecule has 0 aromatic carbocycles. The van der Waals surface area contributed by atoms with Gasteiger partial charge >= 0.3 is 0 Å². The molecule has 2 rings (SSSR count). The third kappa shape index (κ3) is 4.17. The second kappa shape index (κ2) is 6.75. The summed E-state index contributed by atoms with van der Waals surface area (Å²) in [6.45, 7) is 6.99. The van der Waals surface area contributed by atoms with Crippen molar-refractivity contribution < 1.29 is 9.84 Å². The second-order valence-corrected chi connectivity index (χ2v) is 6.57. The molecule has 4 heteroatoms. The van der Waals surface area contributed by atoms with Gasteiger partial charge in [-0.3, -0.25) is 4.98 Å². The number of methoxy groups -OCH3 is 1. The highest BCUT2D eigenvalue weighted by Gasteiger charge is 2.28. The van der Waals surface area contributed by atoms with Crippen LogP contribution in [0.4, 0.5) is 0 Å². The molecule has 1 aliphatic heterocycles. The van der Waals surface area contributed by atoms with Gasteiger partial charge in [-0.25, -0.2) is 0 Å². The molecule has 2 N–H and O–H groups in total. The van der Waals surface area contributed by atoms with E-state index in [1.165, 1.54) is 12.8 Å². The topological polar surface area (TPSA) is 54.4 Å². The number of hydrogen-bond acceptors (Lipinski definition) is 4. The predicted octanol–water partition coefficient (Wildman–Crippen LogP) is 2.53. The minimum atomic E-state index is -0.743. The Labute approximate surface area is 127 Å². The predicted molar refractivity (Wildman–Crippen MR) is 84.8 cm³/mol. The lowest BCUT2D eigenvalue weighted by Crippen LogP contribution is -2.42. The smallest absolute Gasteiger partial charge is 0.128 e. The molecule has 0 bridgehead atoms. The van der Waals surface area contributed by atoms with Crippen molar-refractivity contribution in [3.05, 3.63) is 23.0 Å². The van der Waals surface area contributed by atoms with E-state index in [0.717, 1.165) is 42.0 Å². The fourth-order valence-electron chi connectivity index (χ4n) is 3.31. The summed E-state index contributed by atoms with van der Waals surface area (Å²) in [5.74, 6) is 0.881. The van der Waals surface area contributed by atoms with Gasteiger partial charge in [-0.05, 0) is 46.6 Å². The summed E-state index contributed by atoms with van der Waals surface area (Å²) < 4.78 is 5.45. The van der Waals surface area contributed by atoms with Crippen LogP contribution in [0.25, 0.3) is 0 Å². The molecule has 1 aromatic rings. The summed E-state index contributed by atoms with van der Waals surface area (Å²) in [6.07, 6.45) is 6.81. The van der Waals surface area contributed by atoms with Crippen molar-refractivity contribution in [3.8, 4) is 5.75 Å². The number of nitrogens with one attached hydrogen (secondary N) is 1. The molecule has 2 unspecified atom stereocenters. The van der Waals surface area contributed by atoms with Gasteiger partial charge in [0.05, 0.1) is 12.7 Å². The lowest BCUT2D eigenvalue weighted by Gasteiger charge is -2.32. The average Bonchev–Trinajstić information content (AvgIpc) is 2.43. The van der Waals surface area contributed by atoms with Crippen LogP contribution < -0.4 is 10.1 Å². The number of piperidine rings is 1. The first-order valence-electron chi connectivity index (χ1n) is 7.88. The number of aromatic nitrogens is 1. The van der Waals surface area contributed by atoms with Crippen molar-refractivity contribution in [2.24, 2.45) is 0 Å². The summed E-state index contributed by atoms with van der Waals surface area (Å²) in [7, 11) is 1.68. The quantitative estimate of drug-likeness (QED) is 0.875. The first kappa shape index (κ1) is 16.2. The average molecular weight is 292 g/mol. The van der Waals surface area contributed by atoms with Crippen LogP contribution in [0.3, 0.4) is 0 Å². The van der Waals surface area contributed by atoms with Crippen molar-refractivity contribution in [3.63, 3.8) is 0 Å². The van der Waals surface area contributed by atoms with Gasteiger partial charge < -0.3 is 15.2 Å². The van der Waals surface area contributed by atoms with E-state index in [1.807, 2.05) is 27.0 Å². The van der Waals surface area contributed by atoms with Crippen LogP contribution in [-0.4, -0.2) is 35.4 Å². The standard InChI is InChI=1S/C17H28N2O2/c1-12-11-19-15(13(2)16(12)21-4)10-17(3,20)9-14-7-5-6-8-18-14/h11,14,18,20H,5-10H2,1-4H3. The van der Waals surface area contributed by atoms with E-state index >= 15 is 0 Å². The zero-order valence-corrected chi connectivity index (χ0v) is 13.7. The fourth-order valence-corrected chi connectivity index (χ4v) is 3.31. The van der Waals surface area contributed by atoms with Gasteiger partial charge in [0.25, 0.3) is 0 Å². The first-order chi connectivity index (χ1) is 9.93. The van der Waals surface area contributed by atoms with E-state index in [0.29, 0.717) is 12.5 Å². The maximum Gasteiger partial charge on any atom is 0.128 e. The Morgan fingerprint density at radius 1 is 1.43 bits per heavy atom. The second-order valence-electron chi connectivity index (χ2n) is 6.57. The van der Waals surface area contributed by atoms with Crippen molar-refractivity contribution in [1.82, 2.24) is 10.3 Å². The number of rotatable bonds is 5. The Kier molecular flexibility index (Phi) is 5.22. The van der Waals surface area contributed by atoms with E-state index in [2.05, 4.69) is 10.3 Å². The van der Waals surface area contributed by atoms with Gasteiger partial charge in [-0.15, -0.1) is 0 Å². The molecule has 0 radical (unpaired) electrons. The van der Waals surface area contributed by atoms with Crippen molar-refractivity contribution in [2.75, 3.05) is 13.7 Å². The minimum Gasteiger partial charge on any atom is -0.496 e.